The third kappa shape index (κ3) is 12.8. The van der Waals surface area contributed by atoms with Crippen LogP contribution in [-0.2, 0) is 16.0 Å². The Kier molecular flexibility index (Phi) is 12.6. The predicted octanol–water partition coefficient (Wildman–Crippen LogP) is 5.26. The predicted molar refractivity (Wildman–Crippen MR) is 133 cm³/mol. The van der Waals surface area contributed by atoms with E-state index in [0.717, 1.165) is 37.0 Å². The van der Waals surface area contributed by atoms with Crippen molar-refractivity contribution in [3.8, 4) is 5.75 Å². The van der Waals surface area contributed by atoms with E-state index in [1.165, 1.54) is 19.3 Å². The molecule has 0 spiro atoms. The minimum Gasteiger partial charge on any atom is -0.488 e. The molecular weight excluding hydrogens is 400 g/mol. The molecule has 0 saturated carbocycles. The maximum atomic E-state index is 12.7. The Bertz CT molecular complexity index is 664. The second kappa shape index (κ2) is 14.3. The third-order valence-electron chi connectivity index (χ3n) is 5.65. The normalized spacial score (nSPS) is 14.6. The first-order chi connectivity index (χ1) is 15.0. The summed E-state index contributed by atoms with van der Waals surface area (Å²) in [6.45, 7) is 11.5. The van der Waals surface area contributed by atoms with Gasteiger partial charge in [-0.25, -0.2) is 0 Å². The van der Waals surface area contributed by atoms with Crippen LogP contribution in [0.5, 0.6) is 5.75 Å². The van der Waals surface area contributed by atoms with Crippen LogP contribution in [0.25, 0.3) is 0 Å². The monoisotopic (exact) mass is 446 g/mol. The number of amides is 1. The van der Waals surface area contributed by atoms with E-state index in [1.54, 1.807) is 0 Å². The summed E-state index contributed by atoms with van der Waals surface area (Å²) in [6.07, 6.45) is 7.46. The third-order valence-corrected chi connectivity index (χ3v) is 5.65. The minimum absolute atomic E-state index is 0.0454. The molecule has 1 amide bonds. The van der Waals surface area contributed by atoms with Gasteiger partial charge in [0.25, 0.3) is 0 Å². The Morgan fingerprint density at radius 3 is 2.28 bits per heavy atom. The van der Waals surface area contributed by atoms with Crippen LogP contribution < -0.4 is 10.1 Å². The van der Waals surface area contributed by atoms with Crippen LogP contribution in [0.1, 0.15) is 78.7 Å². The molecule has 182 valence electrons. The molecule has 0 aliphatic heterocycles. The van der Waals surface area contributed by atoms with Gasteiger partial charge in [-0.15, -0.1) is 0 Å². The molecule has 1 N–H and O–H groups in total. The van der Waals surface area contributed by atoms with Crippen molar-refractivity contribution in [2.75, 3.05) is 20.6 Å². The zero-order chi connectivity index (χ0) is 24.1. The van der Waals surface area contributed by atoms with Gasteiger partial charge in [-0.2, -0.15) is 0 Å². The number of aldehydes is 1. The van der Waals surface area contributed by atoms with E-state index < -0.39 is 0 Å². The number of rotatable bonds is 15. The van der Waals surface area contributed by atoms with Gasteiger partial charge in [0.2, 0.25) is 5.91 Å². The maximum Gasteiger partial charge on any atom is 0.223 e. The van der Waals surface area contributed by atoms with E-state index in [9.17, 15) is 9.59 Å². The second-order valence-corrected chi connectivity index (χ2v) is 10.6. The molecular formula is C27H46N2O3. The van der Waals surface area contributed by atoms with Crippen molar-refractivity contribution in [2.45, 2.75) is 91.2 Å². The summed E-state index contributed by atoms with van der Waals surface area (Å²) < 4.78 is 5.86. The van der Waals surface area contributed by atoms with Crippen LogP contribution >= 0.6 is 0 Å². The lowest BCUT2D eigenvalue weighted by atomic mass is 9.93. The zero-order valence-electron chi connectivity index (χ0n) is 21.4. The van der Waals surface area contributed by atoms with E-state index in [1.807, 2.05) is 52.0 Å². The zero-order valence-corrected chi connectivity index (χ0v) is 21.4. The maximum absolute atomic E-state index is 12.7. The molecule has 0 aliphatic rings. The number of carbonyl (C=O) groups excluding carboxylic acids is 2. The van der Waals surface area contributed by atoms with Crippen LogP contribution in [0, 0.1) is 11.8 Å². The van der Waals surface area contributed by atoms with Gasteiger partial charge in [0.1, 0.15) is 17.6 Å². The highest BCUT2D eigenvalue weighted by atomic mass is 16.5. The summed E-state index contributed by atoms with van der Waals surface area (Å²) >= 11 is 0. The Balaban J connectivity index is 2.48. The second-order valence-electron chi connectivity index (χ2n) is 10.6. The Hall–Kier alpha value is -1.88. The van der Waals surface area contributed by atoms with Crippen LogP contribution in [0.3, 0.4) is 0 Å². The van der Waals surface area contributed by atoms with Gasteiger partial charge >= 0.3 is 0 Å². The van der Waals surface area contributed by atoms with Crippen LogP contribution in [0.15, 0.2) is 24.3 Å². The van der Waals surface area contributed by atoms with Crippen molar-refractivity contribution < 1.29 is 14.3 Å². The quantitative estimate of drug-likeness (QED) is 0.295. The molecule has 0 saturated heterocycles. The molecule has 3 atom stereocenters. The highest BCUT2D eigenvalue weighted by Crippen LogP contribution is 2.20. The fourth-order valence-electron chi connectivity index (χ4n) is 3.72. The van der Waals surface area contributed by atoms with E-state index in [2.05, 4.69) is 31.2 Å². The molecule has 32 heavy (non-hydrogen) atoms. The number of nitrogens with zero attached hydrogens (tertiary/aromatic N) is 1. The molecule has 0 aliphatic carbocycles. The van der Waals surface area contributed by atoms with Gasteiger partial charge < -0.3 is 19.7 Å². The van der Waals surface area contributed by atoms with Crippen LogP contribution in [0.2, 0.25) is 0 Å². The summed E-state index contributed by atoms with van der Waals surface area (Å²) in [4.78, 5) is 26.1. The Morgan fingerprint density at radius 1 is 1.06 bits per heavy atom. The molecule has 0 radical (unpaired) electrons. The summed E-state index contributed by atoms with van der Waals surface area (Å²) in [7, 11) is 4.22. The fraction of sp³-hybridized carbons (Fsp3) is 0.704. The number of hydrogen-bond donors (Lipinski definition) is 1. The van der Waals surface area contributed by atoms with Crippen molar-refractivity contribution in [3.63, 3.8) is 0 Å². The van der Waals surface area contributed by atoms with Crippen molar-refractivity contribution in [1.29, 1.82) is 0 Å². The van der Waals surface area contributed by atoms with Gasteiger partial charge in [-0.1, -0.05) is 38.8 Å². The van der Waals surface area contributed by atoms with Crippen LogP contribution in [-0.4, -0.2) is 49.4 Å². The highest BCUT2D eigenvalue weighted by molar-refractivity contribution is 5.78. The van der Waals surface area contributed by atoms with Gasteiger partial charge in [0, 0.05) is 18.4 Å². The number of unbranched alkanes of at least 4 members (excludes halogenated alkanes) is 1. The summed E-state index contributed by atoms with van der Waals surface area (Å²) in [5.74, 6) is 1.45. The van der Waals surface area contributed by atoms with E-state index in [0.29, 0.717) is 18.8 Å². The summed E-state index contributed by atoms with van der Waals surface area (Å²) in [6, 6.07) is 7.73. The van der Waals surface area contributed by atoms with Crippen molar-refractivity contribution in [2.24, 2.45) is 11.8 Å². The average Bonchev–Trinajstić information content (AvgIpc) is 2.69. The van der Waals surface area contributed by atoms with E-state index in [4.69, 9.17) is 4.74 Å². The molecule has 0 heterocycles. The lowest BCUT2D eigenvalue weighted by molar-refractivity contribution is -0.125. The fourth-order valence-corrected chi connectivity index (χ4v) is 3.72. The summed E-state index contributed by atoms with van der Waals surface area (Å²) in [5.41, 5.74) is 0.840. The lowest BCUT2D eigenvalue weighted by Gasteiger charge is -2.22. The van der Waals surface area contributed by atoms with E-state index >= 15 is 0 Å². The number of ether oxygens (including phenoxy) is 1. The first-order valence-corrected chi connectivity index (χ1v) is 12.2. The lowest BCUT2D eigenvalue weighted by Crippen LogP contribution is -2.39. The number of carbonyl (C=O) groups is 2. The van der Waals surface area contributed by atoms with Crippen molar-refractivity contribution >= 4 is 12.2 Å². The van der Waals surface area contributed by atoms with Gasteiger partial charge in [0.05, 0.1) is 0 Å². The molecule has 5 nitrogen and oxygen atoms in total. The topological polar surface area (TPSA) is 58.6 Å². The molecule has 0 fully saturated rings. The number of benzene rings is 1. The molecule has 0 aromatic heterocycles. The molecule has 1 aromatic rings. The number of hydrogen-bond acceptors (Lipinski definition) is 4. The SMILES string of the molecule is CC(CCCCN(C)C)CCC(C)C(=O)NC(CC=O)Cc1ccc(OC(C)(C)C)cc1. The molecule has 3 unspecified atom stereocenters. The van der Waals surface area contributed by atoms with Gasteiger partial charge in [0.15, 0.2) is 0 Å². The van der Waals surface area contributed by atoms with E-state index in [-0.39, 0.29) is 23.5 Å². The Morgan fingerprint density at radius 2 is 1.72 bits per heavy atom. The van der Waals surface area contributed by atoms with Gasteiger partial charge in [-0.3, -0.25) is 4.79 Å². The average molecular weight is 447 g/mol. The minimum atomic E-state index is -0.241. The Labute approximate surface area is 196 Å². The van der Waals surface area contributed by atoms with Crippen molar-refractivity contribution in [3.05, 3.63) is 29.8 Å². The summed E-state index contributed by atoms with van der Waals surface area (Å²) in [5, 5.41) is 3.10. The molecule has 5 heteroatoms. The number of nitrogens with one attached hydrogen (secondary N) is 1. The highest BCUT2D eigenvalue weighted by Gasteiger charge is 2.19. The standard InChI is InChI=1S/C27H46N2O3/c1-21(10-8-9-18-29(6)7)11-12-22(2)26(31)28-24(17-19-30)20-23-13-15-25(16-14-23)32-27(3,4)5/h13-16,19,21-22,24H,8-12,17-18,20H2,1-7H3,(H,28,31). The molecule has 1 rings (SSSR count). The van der Waals surface area contributed by atoms with Gasteiger partial charge in [-0.05, 0) is 90.7 Å². The first kappa shape index (κ1) is 28.2. The van der Waals surface area contributed by atoms with Crippen LogP contribution in [0.4, 0.5) is 0 Å². The molecule has 1 aromatic carbocycles. The smallest absolute Gasteiger partial charge is 0.223 e. The first-order valence-electron chi connectivity index (χ1n) is 12.2. The van der Waals surface area contributed by atoms with Crippen molar-refractivity contribution in [1.82, 2.24) is 10.2 Å². The molecule has 0 bridgehead atoms. The largest absolute Gasteiger partial charge is 0.488 e.